The lowest BCUT2D eigenvalue weighted by Gasteiger charge is -2.10. The van der Waals surface area contributed by atoms with Gasteiger partial charge in [-0.1, -0.05) is 43.6 Å². The Kier molecular flexibility index (Phi) is 5.19. The number of carbonyl (C=O) groups excluding carboxylic acids is 1. The number of anilines is 1. The Morgan fingerprint density at radius 1 is 1.36 bits per heavy atom. The van der Waals surface area contributed by atoms with Gasteiger partial charge in [-0.15, -0.1) is 0 Å². The highest BCUT2D eigenvalue weighted by molar-refractivity contribution is 6.30. The molecule has 0 saturated heterocycles. The van der Waals surface area contributed by atoms with Crippen molar-refractivity contribution >= 4 is 23.2 Å². The van der Waals surface area contributed by atoms with Gasteiger partial charge in [-0.25, -0.2) is 0 Å². The first kappa shape index (κ1) is 16.5. The highest BCUT2D eigenvalue weighted by atomic mass is 35.5. The highest BCUT2D eigenvalue weighted by Crippen LogP contribution is 2.19. The van der Waals surface area contributed by atoms with Crippen molar-refractivity contribution in [2.24, 2.45) is 0 Å². The lowest BCUT2D eigenvalue weighted by Crippen LogP contribution is -2.13. The molecule has 1 N–H and O–H groups in total. The van der Waals surface area contributed by atoms with Gasteiger partial charge in [0.1, 0.15) is 0 Å². The molecule has 0 spiro atoms. The zero-order valence-corrected chi connectivity index (χ0v) is 13.8. The second kappa shape index (κ2) is 6.92. The summed E-state index contributed by atoms with van der Waals surface area (Å²) in [6.45, 7) is 6.08. The maximum absolute atomic E-state index is 11.9. The number of hydrogen-bond donors (Lipinski definition) is 1. The summed E-state index contributed by atoms with van der Waals surface area (Å²) in [6, 6.07) is 7.08. The van der Waals surface area contributed by atoms with E-state index in [0.29, 0.717) is 41.7 Å². The monoisotopic (exact) mass is 321 g/mol. The normalized spacial score (nSPS) is 11.5. The summed E-state index contributed by atoms with van der Waals surface area (Å²) in [5.74, 6) is 1.20. The van der Waals surface area contributed by atoms with Crippen LogP contribution in [0.1, 0.15) is 45.3 Å². The molecule has 2 aromatic rings. The van der Waals surface area contributed by atoms with E-state index in [1.807, 2.05) is 20.8 Å². The largest absolute Gasteiger partial charge is 0.339 e. The summed E-state index contributed by atoms with van der Waals surface area (Å²) in [6.07, 6.45) is 1.63. The second-order valence-electron chi connectivity index (χ2n) is 6.17. The molecule has 0 radical (unpaired) electrons. The molecular weight excluding hydrogens is 302 g/mol. The zero-order chi connectivity index (χ0) is 16.2. The van der Waals surface area contributed by atoms with Crippen LogP contribution < -0.4 is 5.32 Å². The summed E-state index contributed by atoms with van der Waals surface area (Å²) >= 11 is 5.87. The number of carbonyl (C=O) groups is 1. The first-order valence-corrected chi connectivity index (χ1v) is 7.61. The van der Waals surface area contributed by atoms with Crippen LogP contribution in [0, 0.1) is 0 Å². The minimum Gasteiger partial charge on any atom is -0.339 e. The van der Waals surface area contributed by atoms with Crippen molar-refractivity contribution in [3.63, 3.8) is 0 Å². The Hall–Kier alpha value is -1.88. The molecule has 0 aliphatic heterocycles. The molecule has 118 valence electrons. The van der Waals surface area contributed by atoms with Crippen LogP contribution >= 0.6 is 11.6 Å². The molecule has 0 atom stereocenters. The number of halogens is 1. The van der Waals surface area contributed by atoms with E-state index in [0.717, 1.165) is 0 Å². The number of amides is 1. The molecule has 2 rings (SSSR count). The molecule has 0 unspecified atom stereocenters. The lowest BCUT2D eigenvalue weighted by molar-refractivity contribution is -0.116. The summed E-state index contributed by atoms with van der Waals surface area (Å²) in [5, 5.41) is 7.37. The lowest BCUT2D eigenvalue weighted by atomic mass is 9.96. The van der Waals surface area contributed by atoms with E-state index in [9.17, 15) is 4.79 Å². The summed E-state index contributed by atoms with van der Waals surface area (Å²) in [4.78, 5) is 16.2. The van der Waals surface area contributed by atoms with E-state index in [4.69, 9.17) is 16.1 Å². The summed E-state index contributed by atoms with van der Waals surface area (Å²) < 4.78 is 5.20. The van der Waals surface area contributed by atoms with Crippen LogP contribution in [-0.2, 0) is 16.6 Å². The fourth-order valence-corrected chi connectivity index (χ4v) is 2.04. The van der Waals surface area contributed by atoms with E-state index < -0.39 is 0 Å². The minimum atomic E-state index is -0.133. The number of benzene rings is 1. The minimum absolute atomic E-state index is 0.0576. The van der Waals surface area contributed by atoms with Crippen molar-refractivity contribution in [3.8, 4) is 0 Å². The van der Waals surface area contributed by atoms with Gasteiger partial charge in [0.05, 0.1) is 0 Å². The van der Waals surface area contributed by atoms with Crippen LogP contribution in [0.3, 0.4) is 0 Å². The Balaban J connectivity index is 1.79. The van der Waals surface area contributed by atoms with E-state index in [1.165, 1.54) is 0 Å². The van der Waals surface area contributed by atoms with Gasteiger partial charge in [-0.3, -0.25) is 4.79 Å². The Bertz CT molecular complexity index is 647. The number of nitrogens with zero attached hydrogens (tertiary/aromatic N) is 2. The number of aromatic nitrogens is 2. The van der Waals surface area contributed by atoms with Gasteiger partial charge in [-0.05, 0) is 24.6 Å². The molecule has 6 heteroatoms. The van der Waals surface area contributed by atoms with Gasteiger partial charge in [0.15, 0.2) is 5.82 Å². The number of nitrogens with one attached hydrogen (secondary N) is 1. The summed E-state index contributed by atoms with van der Waals surface area (Å²) in [7, 11) is 0. The molecule has 0 aliphatic rings. The highest BCUT2D eigenvalue weighted by Gasteiger charge is 2.20. The maximum atomic E-state index is 11.9. The van der Waals surface area contributed by atoms with Gasteiger partial charge in [-0.2, -0.15) is 4.98 Å². The van der Waals surface area contributed by atoms with Crippen LogP contribution in [0.2, 0.25) is 5.02 Å². The van der Waals surface area contributed by atoms with Crippen LogP contribution in [0.4, 0.5) is 5.69 Å². The third-order valence-corrected chi connectivity index (χ3v) is 3.28. The van der Waals surface area contributed by atoms with Crippen molar-refractivity contribution in [1.29, 1.82) is 0 Å². The molecular formula is C16H20ClN3O2. The van der Waals surface area contributed by atoms with Crippen LogP contribution in [0.5, 0.6) is 0 Å². The number of aryl methyl sites for hydroxylation is 1. The van der Waals surface area contributed by atoms with E-state index in [-0.39, 0.29) is 11.3 Å². The molecule has 5 nitrogen and oxygen atoms in total. The zero-order valence-electron chi connectivity index (χ0n) is 13.0. The predicted octanol–water partition coefficient (Wildman–Crippen LogP) is 3.98. The smallest absolute Gasteiger partial charge is 0.226 e. The van der Waals surface area contributed by atoms with Crippen LogP contribution in [0.15, 0.2) is 28.8 Å². The molecule has 0 aliphatic carbocycles. The Morgan fingerprint density at radius 2 is 2.14 bits per heavy atom. The number of rotatable bonds is 5. The Labute approximate surface area is 135 Å². The van der Waals surface area contributed by atoms with Crippen molar-refractivity contribution in [2.75, 3.05) is 5.32 Å². The molecule has 0 bridgehead atoms. The van der Waals surface area contributed by atoms with Gasteiger partial charge >= 0.3 is 0 Å². The van der Waals surface area contributed by atoms with E-state index >= 15 is 0 Å². The fourth-order valence-electron chi connectivity index (χ4n) is 1.85. The topological polar surface area (TPSA) is 68.0 Å². The Morgan fingerprint density at radius 3 is 2.77 bits per heavy atom. The number of hydrogen-bond acceptors (Lipinski definition) is 4. The third-order valence-electron chi connectivity index (χ3n) is 3.04. The molecule has 1 amide bonds. The van der Waals surface area contributed by atoms with Crippen molar-refractivity contribution in [1.82, 2.24) is 10.1 Å². The van der Waals surface area contributed by atoms with Gasteiger partial charge in [0.25, 0.3) is 0 Å². The van der Waals surface area contributed by atoms with Gasteiger partial charge < -0.3 is 9.84 Å². The second-order valence-corrected chi connectivity index (χ2v) is 6.61. The first-order chi connectivity index (χ1) is 10.3. The third kappa shape index (κ3) is 4.84. The molecule has 1 aromatic heterocycles. The molecule has 1 aromatic carbocycles. The van der Waals surface area contributed by atoms with E-state index in [2.05, 4.69) is 15.5 Å². The summed E-state index contributed by atoms with van der Waals surface area (Å²) in [5.41, 5.74) is 0.566. The average Bonchev–Trinajstić information content (AvgIpc) is 2.87. The van der Waals surface area contributed by atoms with Crippen molar-refractivity contribution in [3.05, 3.63) is 41.0 Å². The van der Waals surface area contributed by atoms with Crippen LogP contribution in [0.25, 0.3) is 0 Å². The SMILES string of the molecule is CC(C)(C)c1noc(CCCC(=O)Nc2cccc(Cl)c2)n1. The first-order valence-electron chi connectivity index (χ1n) is 7.23. The predicted molar refractivity (Wildman–Crippen MR) is 86.0 cm³/mol. The van der Waals surface area contributed by atoms with Gasteiger partial charge in [0, 0.05) is 29.0 Å². The van der Waals surface area contributed by atoms with E-state index in [1.54, 1.807) is 24.3 Å². The molecule has 22 heavy (non-hydrogen) atoms. The molecule has 1 heterocycles. The molecule has 0 saturated carbocycles. The fraction of sp³-hybridized carbons (Fsp3) is 0.438. The van der Waals surface area contributed by atoms with Crippen molar-refractivity contribution in [2.45, 2.75) is 45.4 Å². The standard InChI is InChI=1S/C16H20ClN3O2/c1-16(2,3)15-19-14(22-20-15)9-5-8-13(21)18-12-7-4-6-11(17)10-12/h4,6-7,10H,5,8-9H2,1-3H3,(H,18,21). The average molecular weight is 322 g/mol. The molecule has 0 fully saturated rings. The van der Waals surface area contributed by atoms with Crippen LogP contribution in [-0.4, -0.2) is 16.0 Å². The maximum Gasteiger partial charge on any atom is 0.226 e. The van der Waals surface area contributed by atoms with Gasteiger partial charge in [0.2, 0.25) is 11.8 Å². The van der Waals surface area contributed by atoms with Crippen molar-refractivity contribution < 1.29 is 9.32 Å². The quantitative estimate of drug-likeness (QED) is 0.904.